The van der Waals surface area contributed by atoms with Gasteiger partial charge in [0.1, 0.15) is 5.75 Å². The summed E-state index contributed by atoms with van der Waals surface area (Å²) in [5, 5.41) is 12.5. The van der Waals surface area contributed by atoms with E-state index in [4.69, 9.17) is 15.2 Å². The number of nitrogen functional groups attached to an aromatic ring is 1. The van der Waals surface area contributed by atoms with Gasteiger partial charge in [0, 0.05) is 35.4 Å². The maximum Gasteiger partial charge on any atom is 0.343 e. The summed E-state index contributed by atoms with van der Waals surface area (Å²) in [5.41, 5.74) is 10.2. The molecule has 0 fully saturated rings. The molecule has 0 amide bonds. The van der Waals surface area contributed by atoms with Gasteiger partial charge in [0.25, 0.3) is 5.56 Å². The molecule has 1 aliphatic rings. The number of nitrogens with one attached hydrogen (secondary N) is 2. The van der Waals surface area contributed by atoms with Gasteiger partial charge in [-0.3, -0.25) is 4.79 Å². The van der Waals surface area contributed by atoms with E-state index in [0.29, 0.717) is 39.5 Å². The number of carbonyl (C=O) groups is 1. The van der Waals surface area contributed by atoms with Crippen molar-refractivity contribution >= 4 is 17.3 Å². The van der Waals surface area contributed by atoms with E-state index in [0.717, 1.165) is 11.1 Å². The van der Waals surface area contributed by atoms with Gasteiger partial charge in [-0.15, -0.1) is 0 Å². The molecule has 0 aliphatic carbocycles. The quantitative estimate of drug-likeness (QED) is 0.507. The van der Waals surface area contributed by atoms with Crippen LogP contribution < -0.4 is 26.1 Å². The zero-order valence-electron chi connectivity index (χ0n) is 19.1. The Morgan fingerprint density at radius 2 is 1.97 bits per heavy atom. The summed E-state index contributed by atoms with van der Waals surface area (Å²) in [6.07, 6.45) is 3.12. The van der Waals surface area contributed by atoms with E-state index in [1.807, 2.05) is 6.92 Å². The summed E-state index contributed by atoms with van der Waals surface area (Å²) in [6.45, 7) is 5.38. The third kappa shape index (κ3) is 3.86. The molecule has 4 N–H and O–H groups in total. The number of benzene rings is 1. The van der Waals surface area contributed by atoms with Crippen LogP contribution in [0, 0.1) is 25.2 Å². The van der Waals surface area contributed by atoms with E-state index in [1.165, 1.54) is 19.4 Å². The molecule has 1 unspecified atom stereocenters. The third-order valence-electron chi connectivity index (χ3n) is 5.83. The molecule has 0 saturated heterocycles. The van der Waals surface area contributed by atoms with Crippen molar-refractivity contribution in [1.29, 1.82) is 5.26 Å². The van der Waals surface area contributed by atoms with Crippen LogP contribution in [-0.2, 0) is 4.79 Å². The smallest absolute Gasteiger partial charge is 0.343 e. The van der Waals surface area contributed by atoms with Gasteiger partial charge in [-0.1, -0.05) is 6.07 Å². The molecule has 1 aromatic carbocycles. The van der Waals surface area contributed by atoms with Crippen molar-refractivity contribution in [3.05, 3.63) is 86.1 Å². The lowest BCUT2D eigenvalue weighted by atomic mass is 9.80. The van der Waals surface area contributed by atoms with E-state index in [1.54, 1.807) is 38.2 Å². The predicted molar refractivity (Wildman–Crippen MR) is 127 cm³/mol. The van der Waals surface area contributed by atoms with Crippen LogP contribution in [0.4, 0.5) is 11.4 Å². The topological polar surface area (TPSA) is 143 Å². The lowest BCUT2D eigenvalue weighted by molar-refractivity contribution is -0.130. The molecular weight excluding hydrogens is 434 g/mol. The number of fused-ring (bicyclic) bond motifs is 1. The summed E-state index contributed by atoms with van der Waals surface area (Å²) in [7, 11) is 1.47. The van der Waals surface area contributed by atoms with Crippen molar-refractivity contribution in [1.82, 2.24) is 9.97 Å². The van der Waals surface area contributed by atoms with Crippen LogP contribution in [0.25, 0.3) is 0 Å². The highest BCUT2D eigenvalue weighted by Gasteiger charge is 2.38. The van der Waals surface area contributed by atoms with Gasteiger partial charge in [-0.25, -0.2) is 9.78 Å². The van der Waals surface area contributed by atoms with Gasteiger partial charge in [0.15, 0.2) is 0 Å². The maximum absolute atomic E-state index is 13.5. The van der Waals surface area contributed by atoms with Gasteiger partial charge in [-0.05, 0) is 44.0 Å². The average molecular weight is 457 g/mol. The first kappa shape index (κ1) is 22.6. The summed E-state index contributed by atoms with van der Waals surface area (Å²) < 4.78 is 11.1. The van der Waals surface area contributed by atoms with Gasteiger partial charge in [-0.2, -0.15) is 5.26 Å². The molecule has 3 aromatic rings. The molecule has 2 aromatic heterocycles. The molecule has 172 valence electrons. The average Bonchev–Trinajstić information content (AvgIpc) is 2.82. The number of allylic oxidation sites excluding steroid dienone is 1. The number of pyridine rings is 2. The van der Waals surface area contributed by atoms with Crippen LogP contribution in [0.15, 0.2) is 52.7 Å². The molecule has 0 bridgehead atoms. The number of hydrogen-bond acceptors (Lipinski definition) is 8. The highest BCUT2D eigenvalue weighted by Crippen LogP contribution is 2.44. The Morgan fingerprint density at radius 3 is 2.65 bits per heavy atom. The van der Waals surface area contributed by atoms with E-state index in [2.05, 4.69) is 21.4 Å². The highest BCUT2D eigenvalue weighted by molar-refractivity contribution is 5.96. The second kappa shape index (κ2) is 8.75. The van der Waals surface area contributed by atoms with Crippen LogP contribution in [0.1, 0.15) is 40.7 Å². The van der Waals surface area contributed by atoms with Crippen LogP contribution >= 0.6 is 0 Å². The van der Waals surface area contributed by atoms with Crippen molar-refractivity contribution < 1.29 is 14.3 Å². The minimum Gasteiger partial charge on any atom is -0.496 e. The number of aromatic nitrogens is 2. The number of hydrogen-bond donors (Lipinski definition) is 3. The summed E-state index contributed by atoms with van der Waals surface area (Å²) >= 11 is 0. The van der Waals surface area contributed by atoms with Crippen molar-refractivity contribution in [2.24, 2.45) is 0 Å². The van der Waals surface area contributed by atoms with Crippen molar-refractivity contribution in [2.75, 3.05) is 18.2 Å². The van der Waals surface area contributed by atoms with Gasteiger partial charge in [0.05, 0.1) is 41.5 Å². The molecule has 9 heteroatoms. The number of ether oxygens (including phenoxy) is 2. The molecule has 0 radical (unpaired) electrons. The Balaban J connectivity index is 1.91. The first-order chi connectivity index (χ1) is 16.2. The fourth-order valence-corrected chi connectivity index (χ4v) is 4.03. The fraction of sp³-hybridized carbons (Fsp3) is 0.200. The summed E-state index contributed by atoms with van der Waals surface area (Å²) in [6, 6.07) is 8.41. The number of H-pyrrole nitrogens is 1. The molecule has 0 spiro atoms. The molecule has 4 rings (SSSR count). The standard InChI is InChI=1S/C25H23N5O4/c1-12-10-28-19(8-17(12)27)34-25(32)20-14(3)30-23-13(2)11-29-24(31)22(23)21(20)16-6-5-15(9-26)7-18(16)33-4/h5-8,10-11,21,30H,1-4H3,(H2,27,28)(H,29,31). The SMILES string of the molecule is COc1cc(C#N)ccc1C1C(C(=O)Oc2cc(N)c(C)cn2)=C(C)Nc2c(C)c[nH]c(=O)c21. The normalized spacial score (nSPS) is 14.6. The number of nitriles is 1. The molecule has 34 heavy (non-hydrogen) atoms. The molecular formula is C25H23N5O4. The number of nitrogens with two attached hydrogens (primary N) is 1. The number of carbonyl (C=O) groups excluding carboxylic acids is 1. The highest BCUT2D eigenvalue weighted by atomic mass is 16.5. The Labute approximate surface area is 195 Å². The lowest BCUT2D eigenvalue weighted by Crippen LogP contribution is -2.31. The van der Waals surface area contributed by atoms with Gasteiger partial charge >= 0.3 is 5.97 Å². The van der Waals surface area contributed by atoms with E-state index < -0.39 is 11.9 Å². The maximum atomic E-state index is 13.5. The Hall–Kier alpha value is -4.58. The van der Waals surface area contributed by atoms with Crippen LogP contribution in [0.2, 0.25) is 0 Å². The molecule has 1 atom stereocenters. The lowest BCUT2D eigenvalue weighted by Gasteiger charge is -2.31. The molecule has 9 nitrogen and oxygen atoms in total. The Bertz CT molecular complexity index is 1450. The van der Waals surface area contributed by atoms with Crippen molar-refractivity contribution in [3.8, 4) is 17.7 Å². The van der Waals surface area contributed by atoms with Crippen LogP contribution in [0.3, 0.4) is 0 Å². The number of nitrogens with zero attached hydrogens (tertiary/aromatic N) is 2. The summed E-state index contributed by atoms with van der Waals surface area (Å²) in [5.74, 6) is -1.10. The monoisotopic (exact) mass is 457 g/mol. The minimum atomic E-state index is -0.821. The summed E-state index contributed by atoms with van der Waals surface area (Å²) in [4.78, 5) is 33.4. The third-order valence-corrected chi connectivity index (χ3v) is 5.83. The molecule has 1 aliphatic heterocycles. The van der Waals surface area contributed by atoms with Gasteiger partial charge in [0.2, 0.25) is 5.88 Å². The van der Waals surface area contributed by atoms with E-state index in [9.17, 15) is 14.9 Å². The number of aryl methyl sites for hydroxylation is 2. The fourth-order valence-electron chi connectivity index (χ4n) is 4.03. The van der Waals surface area contributed by atoms with E-state index in [-0.39, 0.29) is 17.0 Å². The van der Waals surface area contributed by atoms with Gasteiger partial charge < -0.3 is 25.5 Å². The molecule has 3 heterocycles. The number of anilines is 2. The second-order valence-electron chi connectivity index (χ2n) is 8.02. The minimum absolute atomic E-state index is 0.0443. The van der Waals surface area contributed by atoms with E-state index >= 15 is 0 Å². The zero-order valence-corrected chi connectivity index (χ0v) is 19.1. The first-order valence-corrected chi connectivity index (χ1v) is 10.5. The molecule has 0 saturated carbocycles. The van der Waals surface area contributed by atoms with Crippen molar-refractivity contribution in [2.45, 2.75) is 26.7 Å². The largest absolute Gasteiger partial charge is 0.496 e. The number of aromatic amines is 1. The zero-order chi connectivity index (χ0) is 24.6. The Kier molecular flexibility index (Phi) is 5.82. The number of methoxy groups -OCH3 is 1. The second-order valence-corrected chi connectivity index (χ2v) is 8.02. The van der Waals surface area contributed by atoms with Crippen molar-refractivity contribution in [3.63, 3.8) is 0 Å². The number of esters is 1. The van der Waals surface area contributed by atoms with Crippen LogP contribution in [-0.4, -0.2) is 23.0 Å². The predicted octanol–water partition coefficient (Wildman–Crippen LogP) is 3.29. The number of rotatable bonds is 4. The van der Waals surface area contributed by atoms with Crippen LogP contribution in [0.5, 0.6) is 11.6 Å². The Morgan fingerprint density at radius 1 is 1.21 bits per heavy atom. The first-order valence-electron chi connectivity index (χ1n) is 10.5.